The average molecular weight is 255 g/mol. The number of rotatable bonds is 6. The van der Waals surface area contributed by atoms with Crippen LogP contribution in [0.4, 0.5) is 0 Å². The van der Waals surface area contributed by atoms with Crippen molar-refractivity contribution in [3.8, 4) is 0 Å². The Morgan fingerprint density at radius 2 is 1.94 bits per heavy atom. The van der Waals surface area contributed by atoms with Crippen LogP contribution in [0.2, 0.25) is 0 Å². The molecule has 0 saturated carbocycles. The molecule has 2 unspecified atom stereocenters. The fourth-order valence-electron chi connectivity index (χ4n) is 1.81. The van der Waals surface area contributed by atoms with Crippen LogP contribution in [-0.2, 0) is 4.79 Å². The Morgan fingerprint density at radius 3 is 2.29 bits per heavy atom. The SMILES string of the molecule is CC(C)C(NC(c1cccs1)C(C)C)C(=O)O. The number of carbonyl (C=O) groups is 1. The van der Waals surface area contributed by atoms with Crippen molar-refractivity contribution in [3.63, 3.8) is 0 Å². The zero-order valence-corrected chi connectivity index (χ0v) is 11.6. The van der Waals surface area contributed by atoms with Crippen molar-refractivity contribution in [1.82, 2.24) is 5.32 Å². The summed E-state index contributed by atoms with van der Waals surface area (Å²) >= 11 is 1.67. The summed E-state index contributed by atoms with van der Waals surface area (Å²) in [5.74, 6) is -0.329. The van der Waals surface area contributed by atoms with Crippen molar-refractivity contribution >= 4 is 17.3 Å². The monoisotopic (exact) mass is 255 g/mol. The normalized spacial score (nSPS) is 15.2. The molecule has 0 spiro atoms. The van der Waals surface area contributed by atoms with E-state index < -0.39 is 12.0 Å². The molecule has 1 heterocycles. The smallest absolute Gasteiger partial charge is 0.320 e. The maximum atomic E-state index is 11.2. The summed E-state index contributed by atoms with van der Waals surface area (Å²) in [4.78, 5) is 12.4. The summed E-state index contributed by atoms with van der Waals surface area (Å²) in [6, 6.07) is 3.67. The van der Waals surface area contributed by atoms with Crippen LogP contribution >= 0.6 is 11.3 Å². The molecule has 17 heavy (non-hydrogen) atoms. The fraction of sp³-hybridized carbons (Fsp3) is 0.615. The standard InChI is InChI=1S/C13H21NO2S/c1-8(2)11(10-6-5-7-17-10)14-12(9(3)4)13(15)16/h5-9,11-12,14H,1-4H3,(H,15,16). The molecule has 0 aliphatic heterocycles. The molecule has 0 amide bonds. The molecular weight excluding hydrogens is 234 g/mol. The average Bonchev–Trinajstić information content (AvgIpc) is 2.69. The summed E-state index contributed by atoms with van der Waals surface area (Å²) < 4.78 is 0. The fourth-order valence-corrected chi connectivity index (χ4v) is 2.77. The van der Waals surface area contributed by atoms with E-state index in [0.29, 0.717) is 5.92 Å². The summed E-state index contributed by atoms with van der Waals surface area (Å²) in [7, 11) is 0. The van der Waals surface area contributed by atoms with Gasteiger partial charge in [0.25, 0.3) is 0 Å². The van der Waals surface area contributed by atoms with E-state index in [1.165, 1.54) is 4.88 Å². The van der Waals surface area contributed by atoms with Gasteiger partial charge in [-0.2, -0.15) is 0 Å². The van der Waals surface area contributed by atoms with Gasteiger partial charge in [0.1, 0.15) is 6.04 Å². The first kappa shape index (κ1) is 14.2. The van der Waals surface area contributed by atoms with E-state index in [0.717, 1.165) is 0 Å². The van der Waals surface area contributed by atoms with Crippen LogP contribution in [0.3, 0.4) is 0 Å². The Balaban J connectivity index is 2.83. The topological polar surface area (TPSA) is 49.3 Å². The Bertz CT molecular complexity index is 346. The minimum atomic E-state index is -0.776. The molecule has 0 aromatic carbocycles. The zero-order chi connectivity index (χ0) is 13.0. The molecule has 0 bridgehead atoms. The van der Waals surface area contributed by atoms with E-state index in [1.54, 1.807) is 11.3 Å². The van der Waals surface area contributed by atoms with Crippen molar-refractivity contribution in [3.05, 3.63) is 22.4 Å². The molecule has 1 aromatic rings. The van der Waals surface area contributed by atoms with Gasteiger partial charge >= 0.3 is 5.97 Å². The van der Waals surface area contributed by atoms with Crippen molar-refractivity contribution in [1.29, 1.82) is 0 Å². The molecule has 1 rings (SSSR count). The van der Waals surface area contributed by atoms with Crippen LogP contribution < -0.4 is 5.32 Å². The molecule has 4 heteroatoms. The van der Waals surface area contributed by atoms with Crippen LogP contribution in [-0.4, -0.2) is 17.1 Å². The molecule has 0 fully saturated rings. The van der Waals surface area contributed by atoms with Gasteiger partial charge in [0.2, 0.25) is 0 Å². The van der Waals surface area contributed by atoms with Crippen molar-refractivity contribution in [2.24, 2.45) is 11.8 Å². The van der Waals surface area contributed by atoms with E-state index in [2.05, 4.69) is 25.2 Å². The van der Waals surface area contributed by atoms with Gasteiger partial charge < -0.3 is 5.11 Å². The number of hydrogen-bond acceptors (Lipinski definition) is 3. The lowest BCUT2D eigenvalue weighted by atomic mass is 9.98. The van der Waals surface area contributed by atoms with Crippen LogP contribution in [0.5, 0.6) is 0 Å². The predicted octanol–water partition coefficient (Wildman–Crippen LogP) is 3.14. The van der Waals surface area contributed by atoms with E-state index in [1.807, 2.05) is 25.3 Å². The Labute approximate surface area is 107 Å². The van der Waals surface area contributed by atoms with Gasteiger partial charge in [-0.3, -0.25) is 10.1 Å². The number of aliphatic carboxylic acids is 1. The van der Waals surface area contributed by atoms with Crippen LogP contribution in [0.1, 0.15) is 38.6 Å². The third kappa shape index (κ3) is 3.82. The van der Waals surface area contributed by atoms with Gasteiger partial charge in [0, 0.05) is 10.9 Å². The lowest BCUT2D eigenvalue weighted by molar-refractivity contribution is -0.141. The molecule has 0 saturated heterocycles. The highest BCUT2D eigenvalue weighted by atomic mass is 32.1. The summed E-state index contributed by atoms with van der Waals surface area (Å²) in [5.41, 5.74) is 0. The number of hydrogen-bond donors (Lipinski definition) is 2. The maximum absolute atomic E-state index is 11.2. The maximum Gasteiger partial charge on any atom is 0.320 e. The molecule has 0 aliphatic rings. The second-order valence-corrected chi connectivity index (χ2v) is 5.94. The van der Waals surface area contributed by atoms with E-state index in [4.69, 9.17) is 0 Å². The van der Waals surface area contributed by atoms with Gasteiger partial charge in [-0.05, 0) is 23.3 Å². The van der Waals surface area contributed by atoms with Gasteiger partial charge in [0.15, 0.2) is 0 Å². The van der Waals surface area contributed by atoms with Crippen molar-refractivity contribution in [2.45, 2.75) is 39.8 Å². The largest absolute Gasteiger partial charge is 0.480 e. The first-order valence-corrected chi connectivity index (χ1v) is 6.83. The number of carboxylic acids is 1. The Hall–Kier alpha value is -0.870. The lowest BCUT2D eigenvalue weighted by Crippen LogP contribution is -2.44. The number of nitrogens with one attached hydrogen (secondary N) is 1. The van der Waals surface area contributed by atoms with Crippen molar-refractivity contribution < 1.29 is 9.90 Å². The second kappa shape index (κ2) is 6.17. The van der Waals surface area contributed by atoms with Crippen LogP contribution in [0, 0.1) is 11.8 Å². The highest BCUT2D eigenvalue weighted by Crippen LogP contribution is 2.27. The summed E-state index contributed by atoms with van der Waals surface area (Å²) in [5, 5.41) is 14.5. The highest BCUT2D eigenvalue weighted by molar-refractivity contribution is 7.10. The molecular formula is C13H21NO2S. The number of carboxylic acid groups (broad SMARTS) is 1. The van der Waals surface area contributed by atoms with Gasteiger partial charge in [-0.25, -0.2) is 0 Å². The zero-order valence-electron chi connectivity index (χ0n) is 10.8. The van der Waals surface area contributed by atoms with Gasteiger partial charge in [-0.15, -0.1) is 11.3 Å². The lowest BCUT2D eigenvalue weighted by Gasteiger charge is -2.27. The van der Waals surface area contributed by atoms with E-state index in [-0.39, 0.29) is 12.0 Å². The third-order valence-electron chi connectivity index (χ3n) is 2.81. The second-order valence-electron chi connectivity index (χ2n) is 4.96. The molecule has 2 N–H and O–H groups in total. The number of thiophene rings is 1. The Kier molecular flexibility index (Phi) is 5.15. The van der Waals surface area contributed by atoms with E-state index in [9.17, 15) is 9.90 Å². The van der Waals surface area contributed by atoms with Gasteiger partial charge in [-0.1, -0.05) is 33.8 Å². The highest BCUT2D eigenvalue weighted by Gasteiger charge is 2.27. The molecule has 2 atom stereocenters. The Morgan fingerprint density at radius 1 is 1.29 bits per heavy atom. The van der Waals surface area contributed by atoms with E-state index >= 15 is 0 Å². The van der Waals surface area contributed by atoms with Gasteiger partial charge in [0.05, 0.1) is 0 Å². The first-order chi connectivity index (χ1) is 7.93. The minimum absolute atomic E-state index is 0.0775. The van der Waals surface area contributed by atoms with Crippen LogP contribution in [0.25, 0.3) is 0 Å². The molecule has 96 valence electrons. The third-order valence-corrected chi connectivity index (χ3v) is 3.76. The quantitative estimate of drug-likeness (QED) is 0.821. The minimum Gasteiger partial charge on any atom is -0.480 e. The van der Waals surface area contributed by atoms with Crippen LogP contribution in [0.15, 0.2) is 17.5 Å². The van der Waals surface area contributed by atoms with Crippen molar-refractivity contribution in [2.75, 3.05) is 0 Å². The molecule has 1 aromatic heterocycles. The summed E-state index contributed by atoms with van der Waals surface area (Å²) in [6.45, 7) is 8.07. The summed E-state index contributed by atoms with van der Waals surface area (Å²) in [6.07, 6.45) is 0. The molecule has 0 aliphatic carbocycles. The first-order valence-electron chi connectivity index (χ1n) is 5.95. The molecule has 3 nitrogen and oxygen atoms in total. The molecule has 0 radical (unpaired) electrons. The predicted molar refractivity (Wildman–Crippen MR) is 71.3 cm³/mol.